The molecule has 0 spiro atoms. The molecular weight excluding hydrogens is 196 g/mol. The van der Waals surface area contributed by atoms with Gasteiger partial charge in [-0.25, -0.2) is 13.6 Å². The molecule has 0 saturated heterocycles. The van der Waals surface area contributed by atoms with Gasteiger partial charge in [0, 0.05) is 20.1 Å². The van der Waals surface area contributed by atoms with Crippen molar-refractivity contribution in [3.8, 4) is 0 Å². The zero-order valence-corrected chi connectivity index (χ0v) is 8.26. The topological polar surface area (TPSA) is 98.5 Å². The molecule has 0 fully saturated rings. The highest BCUT2D eigenvalue weighted by Gasteiger charge is 2.04. The molecule has 0 heterocycles. The maximum atomic E-state index is 10.9. The number of hydrogen-bond acceptors (Lipinski definition) is 4. The zero-order valence-electron chi connectivity index (χ0n) is 7.45. The monoisotopic (exact) mass is 210 g/mol. The Morgan fingerprint density at radius 1 is 1.54 bits per heavy atom. The van der Waals surface area contributed by atoms with Crippen LogP contribution in [0.25, 0.3) is 0 Å². The molecule has 0 aliphatic rings. The summed E-state index contributed by atoms with van der Waals surface area (Å²) in [7, 11) is -2.00. The number of hydrogen-bond donors (Lipinski definition) is 2. The van der Waals surface area contributed by atoms with Gasteiger partial charge in [0.05, 0.1) is 12.4 Å². The van der Waals surface area contributed by atoms with Gasteiger partial charge in [-0.15, -0.1) is 0 Å². The quantitative estimate of drug-likeness (QED) is 0.553. The van der Waals surface area contributed by atoms with Gasteiger partial charge in [-0.05, 0) is 0 Å². The minimum atomic E-state index is -3.49. The number of nitrogens with two attached hydrogens (primary N) is 1. The standard InChI is InChI=1S/C6H14N2O4S/c1-12-4-2-6(9)8-3-5-13(7,10)11/h2-5H2,1H3,(H,8,9)(H2,7,10,11). The summed E-state index contributed by atoms with van der Waals surface area (Å²) in [5, 5.41) is 7.11. The van der Waals surface area contributed by atoms with Gasteiger partial charge in [0.15, 0.2) is 0 Å². The third-order valence-corrected chi connectivity index (χ3v) is 2.02. The molecule has 0 bridgehead atoms. The van der Waals surface area contributed by atoms with Crippen LogP contribution in [0.15, 0.2) is 0 Å². The molecule has 78 valence electrons. The molecule has 0 aromatic carbocycles. The summed E-state index contributed by atoms with van der Waals surface area (Å²) < 4.78 is 25.5. The Balaban J connectivity index is 3.49. The smallest absolute Gasteiger partial charge is 0.222 e. The summed E-state index contributed by atoms with van der Waals surface area (Å²) in [6.07, 6.45) is 0.223. The molecule has 7 heteroatoms. The van der Waals surface area contributed by atoms with E-state index in [0.717, 1.165) is 0 Å². The van der Waals surface area contributed by atoms with Crippen LogP contribution in [0.5, 0.6) is 0 Å². The molecular formula is C6H14N2O4S. The molecule has 1 amide bonds. The number of carbonyl (C=O) groups excluding carboxylic acids is 1. The van der Waals surface area contributed by atoms with Gasteiger partial charge in [0.25, 0.3) is 0 Å². The van der Waals surface area contributed by atoms with Crippen LogP contribution in [0.4, 0.5) is 0 Å². The van der Waals surface area contributed by atoms with E-state index in [1.807, 2.05) is 0 Å². The SMILES string of the molecule is COCCC(=O)NCCS(N)(=O)=O. The van der Waals surface area contributed by atoms with Gasteiger partial charge in [-0.2, -0.15) is 0 Å². The van der Waals surface area contributed by atoms with Crippen LogP contribution in [0.3, 0.4) is 0 Å². The van der Waals surface area contributed by atoms with Crippen molar-refractivity contribution in [2.75, 3.05) is 26.0 Å². The van der Waals surface area contributed by atoms with E-state index in [0.29, 0.717) is 6.61 Å². The minimum absolute atomic E-state index is 0.0430. The summed E-state index contributed by atoms with van der Waals surface area (Å²) in [6, 6.07) is 0. The first-order chi connectivity index (χ1) is 5.95. The lowest BCUT2D eigenvalue weighted by atomic mass is 10.4. The highest BCUT2D eigenvalue weighted by Crippen LogP contribution is 1.81. The van der Waals surface area contributed by atoms with Crippen LogP contribution in [-0.2, 0) is 19.6 Å². The van der Waals surface area contributed by atoms with E-state index in [9.17, 15) is 13.2 Å². The molecule has 0 atom stereocenters. The zero-order chi connectivity index (χ0) is 10.3. The third kappa shape index (κ3) is 9.25. The Bertz CT molecular complexity index is 249. The van der Waals surface area contributed by atoms with E-state index in [4.69, 9.17) is 5.14 Å². The van der Waals surface area contributed by atoms with Crippen molar-refractivity contribution in [2.24, 2.45) is 5.14 Å². The molecule has 0 saturated carbocycles. The predicted octanol–water partition coefficient (Wildman–Crippen LogP) is -1.57. The Hall–Kier alpha value is -0.660. The molecule has 3 N–H and O–H groups in total. The number of primary sulfonamides is 1. The Morgan fingerprint density at radius 3 is 2.62 bits per heavy atom. The van der Waals surface area contributed by atoms with Gasteiger partial charge in [-0.1, -0.05) is 0 Å². The second kappa shape index (κ2) is 5.90. The average Bonchev–Trinajstić information content (AvgIpc) is 1.98. The predicted molar refractivity (Wildman–Crippen MR) is 47.5 cm³/mol. The molecule has 0 unspecified atom stereocenters. The van der Waals surface area contributed by atoms with E-state index in [-0.39, 0.29) is 24.6 Å². The van der Waals surface area contributed by atoms with Gasteiger partial charge < -0.3 is 10.1 Å². The molecule has 0 aliphatic heterocycles. The minimum Gasteiger partial charge on any atom is -0.384 e. The third-order valence-electron chi connectivity index (χ3n) is 1.24. The fraction of sp³-hybridized carbons (Fsp3) is 0.833. The lowest BCUT2D eigenvalue weighted by Gasteiger charge is -2.02. The van der Waals surface area contributed by atoms with E-state index in [1.54, 1.807) is 0 Å². The first-order valence-corrected chi connectivity index (χ1v) is 5.43. The highest BCUT2D eigenvalue weighted by molar-refractivity contribution is 7.89. The summed E-state index contributed by atoms with van der Waals surface area (Å²) in [4.78, 5) is 10.9. The largest absolute Gasteiger partial charge is 0.384 e. The fourth-order valence-corrected chi connectivity index (χ4v) is 1.00. The van der Waals surface area contributed by atoms with Gasteiger partial charge in [0.1, 0.15) is 0 Å². The Kier molecular flexibility index (Phi) is 5.60. The van der Waals surface area contributed by atoms with E-state index >= 15 is 0 Å². The molecule has 0 aromatic heterocycles. The van der Waals surface area contributed by atoms with E-state index in [2.05, 4.69) is 10.1 Å². The van der Waals surface area contributed by atoms with Crippen LogP contribution in [-0.4, -0.2) is 40.3 Å². The highest BCUT2D eigenvalue weighted by atomic mass is 32.2. The van der Waals surface area contributed by atoms with Crippen molar-refractivity contribution in [2.45, 2.75) is 6.42 Å². The van der Waals surface area contributed by atoms with Crippen LogP contribution in [0.1, 0.15) is 6.42 Å². The van der Waals surface area contributed by atoms with Crippen molar-refractivity contribution in [1.29, 1.82) is 0 Å². The lowest BCUT2D eigenvalue weighted by Crippen LogP contribution is -2.31. The van der Waals surface area contributed by atoms with Crippen LogP contribution < -0.4 is 10.5 Å². The molecule has 0 rings (SSSR count). The average molecular weight is 210 g/mol. The molecule has 13 heavy (non-hydrogen) atoms. The first-order valence-electron chi connectivity index (χ1n) is 3.72. The van der Waals surface area contributed by atoms with E-state index < -0.39 is 10.0 Å². The maximum Gasteiger partial charge on any atom is 0.222 e. The number of amides is 1. The number of methoxy groups -OCH3 is 1. The van der Waals surface area contributed by atoms with Crippen molar-refractivity contribution in [1.82, 2.24) is 5.32 Å². The van der Waals surface area contributed by atoms with Gasteiger partial charge >= 0.3 is 0 Å². The lowest BCUT2D eigenvalue weighted by molar-refractivity contribution is -0.121. The Labute approximate surface area is 77.5 Å². The molecule has 0 aromatic rings. The van der Waals surface area contributed by atoms with Crippen molar-refractivity contribution >= 4 is 15.9 Å². The maximum absolute atomic E-state index is 10.9. The summed E-state index contributed by atoms with van der Waals surface area (Å²) >= 11 is 0. The van der Waals surface area contributed by atoms with Crippen molar-refractivity contribution in [3.05, 3.63) is 0 Å². The van der Waals surface area contributed by atoms with Crippen molar-refractivity contribution in [3.63, 3.8) is 0 Å². The Morgan fingerprint density at radius 2 is 2.15 bits per heavy atom. The second-order valence-electron chi connectivity index (χ2n) is 2.46. The molecule has 0 radical (unpaired) electrons. The number of nitrogens with one attached hydrogen (secondary N) is 1. The van der Waals surface area contributed by atoms with Gasteiger partial charge in [-0.3, -0.25) is 4.79 Å². The van der Waals surface area contributed by atoms with Crippen molar-refractivity contribution < 1.29 is 17.9 Å². The first kappa shape index (κ1) is 12.3. The number of rotatable bonds is 6. The van der Waals surface area contributed by atoms with Crippen LogP contribution in [0, 0.1) is 0 Å². The normalized spacial score (nSPS) is 11.2. The number of ether oxygens (including phenoxy) is 1. The molecule has 6 nitrogen and oxygen atoms in total. The molecule has 0 aliphatic carbocycles. The van der Waals surface area contributed by atoms with Crippen LogP contribution in [0.2, 0.25) is 0 Å². The van der Waals surface area contributed by atoms with Crippen LogP contribution >= 0.6 is 0 Å². The van der Waals surface area contributed by atoms with E-state index in [1.165, 1.54) is 7.11 Å². The number of sulfonamides is 1. The number of carbonyl (C=O) groups is 1. The summed E-state index contributed by atoms with van der Waals surface area (Å²) in [5.41, 5.74) is 0. The summed E-state index contributed by atoms with van der Waals surface area (Å²) in [6.45, 7) is 0.364. The van der Waals surface area contributed by atoms with Gasteiger partial charge in [0.2, 0.25) is 15.9 Å². The summed E-state index contributed by atoms with van der Waals surface area (Å²) in [5.74, 6) is -0.489. The fourth-order valence-electron chi connectivity index (χ4n) is 0.616. The second-order valence-corrected chi connectivity index (χ2v) is 4.19.